The van der Waals surface area contributed by atoms with Crippen LogP contribution in [0.1, 0.15) is 27.2 Å². The molecule has 20 heavy (non-hydrogen) atoms. The van der Waals surface area contributed by atoms with Crippen molar-refractivity contribution in [1.82, 2.24) is 10.2 Å². The summed E-state index contributed by atoms with van der Waals surface area (Å²) < 4.78 is 0. The van der Waals surface area contributed by atoms with Crippen molar-refractivity contribution < 1.29 is 0 Å². The quantitative estimate of drug-likeness (QED) is 0.861. The molecule has 0 radical (unpaired) electrons. The Bertz CT molecular complexity index is 369. The van der Waals surface area contributed by atoms with Crippen molar-refractivity contribution in [2.24, 2.45) is 0 Å². The highest BCUT2D eigenvalue weighted by atomic mass is 15.3. The topological polar surface area (TPSA) is 18.5 Å². The zero-order chi connectivity index (χ0) is 14.4. The molecular formula is C17H29N3. The Morgan fingerprint density at radius 1 is 1.00 bits per heavy atom. The number of nitrogens with one attached hydrogen (secondary N) is 1. The van der Waals surface area contributed by atoms with Crippen LogP contribution in [0.4, 0.5) is 5.69 Å². The molecule has 112 valence electrons. The second-order valence-corrected chi connectivity index (χ2v) is 6.11. The lowest BCUT2D eigenvalue weighted by molar-refractivity contribution is 0.187. The molecular weight excluding hydrogens is 246 g/mol. The van der Waals surface area contributed by atoms with E-state index in [2.05, 4.69) is 66.2 Å². The van der Waals surface area contributed by atoms with E-state index in [1.165, 1.54) is 25.2 Å². The van der Waals surface area contributed by atoms with E-state index in [0.717, 1.165) is 19.6 Å². The van der Waals surface area contributed by atoms with Gasteiger partial charge < -0.3 is 10.2 Å². The highest BCUT2D eigenvalue weighted by Gasteiger charge is 2.20. The molecule has 1 aliphatic rings. The minimum atomic E-state index is 0.595. The molecule has 0 spiro atoms. The van der Waals surface area contributed by atoms with E-state index >= 15 is 0 Å². The van der Waals surface area contributed by atoms with Gasteiger partial charge in [-0.15, -0.1) is 0 Å². The highest BCUT2D eigenvalue weighted by molar-refractivity contribution is 5.46. The average Bonchev–Trinajstić information content (AvgIpc) is 2.48. The van der Waals surface area contributed by atoms with Gasteiger partial charge in [0.25, 0.3) is 0 Å². The number of piperazine rings is 1. The number of hydrogen-bond acceptors (Lipinski definition) is 3. The van der Waals surface area contributed by atoms with E-state index in [9.17, 15) is 0 Å². The first kappa shape index (κ1) is 15.3. The summed E-state index contributed by atoms with van der Waals surface area (Å²) >= 11 is 0. The lowest BCUT2D eigenvalue weighted by Crippen LogP contribution is -2.50. The SMILES string of the molecule is CC(C)NCCC(C)N1CCN(c2ccccc2)CC1. The smallest absolute Gasteiger partial charge is 0.0367 e. The zero-order valence-electron chi connectivity index (χ0n) is 13.2. The van der Waals surface area contributed by atoms with Gasteiger partial charge in [0.2, 0.25) is 0 Å². The third-order valence-corrected chi connectivity index (χ3v) is 4.17. The molecule has 1 heterocycles. The second-order valence-electron chi connectivity index (χ2n) is 6.11. The third kappa shape index (κ3) is 4.50. The van der Waals surface area contributed by atoms with Gasteiger partial charge in [0.1, 0.15) is 0 Å². The van der Waals surface area contributed by atoms with Gasteiger partial charge in [0, 0.05) is 44.0 Å². The summed E-state index contributed by atoms with van der Waals surface area (Å²) in [6.45, 7) is 12.6. The van der Waals surface area contributed by atoms with Crippen LogP contribution in [0.2, 0.25) is 0 Å². The molecule has 1 atom stereocenters. The van der Waals surface area contributed by atoms with Crippen LogP contribution in [-0.4, -0.2) is 49.7 Å². The number of benzene rings is 1. The van der Waals surface area contributed by atoms with Gasteiger partial charge in [-0.1, -0.05) is 32.0 Å². The monoisotopic (exact) mass is 275 g/mol. The van der Waals surface area contributed by atoms with Gasteiger partial charge in [-0.2, -0.15) is 0 Å². The Kier molecular flexibility index (Phi) is 5.86. The van der Waals surface area contributed by atoms with Crippen molar-refractivity contribution in [1.29, 1.82) is 0 Å². The Morgan fingerprint density at radius 3 is 2.25 bits per heavy atom. The fourth-order valence-corrected chi connectivity index (χ4v) is 2.82. The number of rotatable bonds is 6. The summed E-state index contributed by atoms with van der Waals surface area (Å²) in [5, 5.41) is 3.51. The fraction of sp³-hybridized carbons (Fsp3) is 0.647. The fourth-order valence-electron chi connectivity index (χ4n) is 2.82. The van der Waals surface area contributed by atoms with E-state index in [-0.39, 0.29) is 0 Å². The molecule has 1 aromatic carbocycles. The number of nitrogens with zero attached hydrogens (tertiary/aromatic N) is 2. The lowest BCUT2D eigenvalue weighted by Gasteiger charge is -2.39. The molecule has 1 aromatic rings. The summed E-state index contributed by atoms with van der Waals surface area (Å²) in [7, 11) is 0. The Morgan fingerprint density at radius 2 is 1.65 bits per heavy atom. The van der Waals surface area contributed by atoms with E-state index in [0.29, 0.717) is 12.1 Å². The normalized spacial score (nSPS) is 18.5. The van der Waals surface area contributed by atoms with E-state index in [1.54, 1.807) is 0 Å². The maximum atomic E-state index is 3.51. The molecule has 1 fully saturated rings. The van der Waals surface area contributed by atoms with Gasteiger partial charge in [-0.3, -0.25) is 4.90 Å². The van der Waals surface area contributed by atoms with Crippen LogP contribution in [0.3, 0.4) is 0 Å². The standard InChI is InChI=1S/C17H29N3/c1-15(2)18-10-9-16(3)19-11-13-20(14-12-19)17-7-5-4-6-8-17/h4-8,15-16,18H,9-14H2,1-3H3. The summed E-state index contributed by atoms with van der Waals surface area (Å²) in [6, 6.07) is 12.0. The van der Waals surface area contributed by atoms with Crippen molar-refractivity contribution in [3.63, 3.8) is 0 Å². The molecule has 1 aliphatic heterocycles. The molecule has 0 saturated carbocycles. The molecule has 0 aromatic heterocycles. The molecule has 3 heteroatoms. The summed E-state index contributed by atoms with van der Waals surface area (Å²) in [4.78, 5) is 5.12. The third-order valence-electron chi connectivity index (χ3n) is 4.17. The predicted octanol–water partition coefficient (Wildman–Crippen LogP) is 2.59. The van der Waals surface area contributed by atoms with Crippen LogP contribution in [0, 0.1) is 0 Å². The van der Waals surface area contributed by atoms with Crippen LogP contribution in [0.15, 0.2) is 30.3 Å². The molecule has 0 amide bonds. The van der Waals surface area contributed by atoms with Crippen molar-refractivity contribution in [2.75, 3.05) is 37.6 Å². The van der Waals surface area contributed by atoms with E-state index in [4.69, 9.17) is 0 Å². The van der Waals surface area contributed by atoms with Crippen LogP contribution in [0.25, 0.3) is 0 Å². The first-order valence-electron chi connectivity index (χ1n) is 7.94. The van der Waals surface area contributed by atoms with Crippen LogP contribution in [-0.2, 0) is 0 Å². The Balaban J connectivity index is 1.73. The van der Waals surface area contributed by atoms with E-state index in [1.807, 2.05) is 0 Å². The molecule has 1 unspecified atom stereocenters. The molecule has 0 bridgehead atoms. The molecule has 0 aliphatic carbocycles. The second kappa shape index (κ2) is 7.65. The van der Waals surface area contributed by atoms with Crippen LogP contribution >= 0.6 is 0 Å². The van der Waals surface area contributed by atoms with Crippen molar-refractivity contribution >= 4 is 5.69 Å². The molecule has 1 saturated heterocycles. The van der Waals surface area contributed by atoms with Crippen molar-refractivity contribution in [2.45, 2.75) is 39.3 Å². The van der Waals surface area contributed by atoms with E-state index < -0.39 is 0 Å². The zero-order valence-corrected chi connectivity index (χ0v) is 13.2. The molecule has 2 rings (SSSR count). The minimum Gasteiger partial charge on any atom is -0.369 e. The first-order valence-corrected chi connectivity index (χ1v) is 7.94. The maximum absolute atomic E-state index is 3.51. The molecule has 1 N–H and O–H groups in total. The van der Waals surface area contributed by atoms with Gasteiger partial charge in [0.05, 0.1) is 0 Å². The first-order chi connectivity index (χ1) is 9.66. The number of anilines is 1. The van der Waals surface area contributed by atoms with Gasteiger partial charge in [-0.25, -0.2) is 0 Å². The van der Waals surface area contributed by atoms with Crippen molar-refractivity contribution in [3.8, 4) is 0 Å². The summed E-state index contributed by atoms with van der Waals surface area (Å²) in [6.07, 6.45) is 1.24. The average molecular weight is 275 g/mol. The Labute approximate surface area is 124 Å². The van der Waals surface area contributed by atoms with Crippen LogP contribution < -0.4 is 10.2 Å². The van der Waals surface area contributed by atoms with Gasteiger partial charge >= 0.3 is 0 Å². The number of para-hydroxylation sites is 1. The minimum absolute atomic E-state index is 0.595. The number of hydrogen-bond donors (Lipinski definition) is 1. The van der Waals surface area contributed by atoms with Gasteiger partial charge in [0.15, 0.2) is 0 Å². The molecule has 3 nitrogen and oxygen atoms in total. The summed E-state index contributed by atoms with van der Waals surface area (Å²) in [5.74, 6) is 0. The van der Waals surface area contributed by atoms with Crippen molar-refractivity contribution in [3.05, 3.63) is 30.3 Å². The highest BCUT2D eigenvalue weighted by Crippen LogP contribution is 2.17. The predicted molar refractivity (Wildman–Crippen MR) is 87.4 cm³/mol. The maximum Gasteiger partial charge on any atom is 0.0367 e. The van der Waals surface area contributed by atoms with Crippen LogP contribution in [0.5, 0.6) is 0 Å². The Hall–Kier alpha value is -1.06. The summed E-state index contributed by atoms with van der Waals surface area (Å²) in [5.41, 5.74) is 1.36. The lowest BCUT2D eigenvalue weighted by atomic mass is 10.1. The largest absolute Gasteiger partial charge is 0.369 e. The van der Waals surface area contributed by atoms with Gasteiger partial charge in [-0.05, 0) is 32.0 Å².